The first-order valence-electron chi connectivity index (χ1n) is 29.4. The van der Waals surface area contributed by atoms with Crippen LogP contribution in [0, 0.1) is 6.92 Å². The molecule has 6 aromatic heterocycles. The van der Waals surface area contributed by atoms with Crippen LogP contribution in [0.25, 0.3) is 137 Å². The third kappa shape index (κ3) is 7.03. The van der Waals surface area contributed by atoms with Crippen LogP contribution in [0.5, 0.6) is 0 Å². The summed E-state index contributed by atoms with van der Waals surface area (Å²) >= 11 is 3.67. The van der Waals surface area contributed by atoms with Crippen LogP contribution in [0.4, 0.5) is 34.1 Å². The molecule has 0 unspecified atom stereocenters. The van der Waals surface area contributed by atoms with E-state index in [9.17, 15) is 0 Å². The number of nitrogens with zero attached hydrogens (tertiary/aromatic N) is 4. The maximum Gasteiger partial charge on any atom is 0.0640 e. The molecule has 0 bridgehead atoms. The molecule has 11 aromatic carbocycles. The fourth-order valence-corrected chi connectivity index (χ4v) is 16.8. The standard InChI is InChI=1S/C80H54N4S2/c1-5-8-36-54-49(4)85-79-56(54)37-23-47-66(79)81(52-32-17-11-18-33-52)62-43-25-45-64-71(62)58-39-21-41-60-73-70(51-30-15-10-16-31-51)78-74(69(50-28-13-9-14-29-50)77(73)83(64)75(58)60)61-42-22-40-59-72-63(44-26-46-65(72)84(78)76(59)61)82(53-34-19-12-20-35-53)67-48-24-38-57-55(27-6-2)68(7-3)86-80(57)67/h5-48H,1,3H2,2,4H3/b27-6-,36-8-. The van der Waals surface area contributed by atoms with Crippen molar-refractivity contribution in [3.8, 4) is 22.3 Å². The van der Waals surface area contributed by atoms with Gasteiger partial charge in [-0.15, -0.1) is 22.7 Å². The molecular formula is C80H54N4S2. The minimum Gasteiger partial charge on any atom is -0.308 e. The van der Waals surface area contributed by atoms with Crippen molar-refractivity contribution in [2.45, 2.75) is 13.8 Å². The molecule has 0 aliphatic heterocycles. The summed E-state index contributed by atoms with van der Waals surface area (Å²) in [5.74, 6) is 0. The lowest BCUT2D eigenvalue weighted by atomic mass is 9.89. The monoisotopic (exact) mass is 1130 g/mol. The molecule has 0 saturated carbocycles. The summed E-state index contributed by atoms with van der Waals surface area (Å²) in [7, 11) is 0. The second kappa shape index (κ2) is 19.5. The first kappa shape index (κ1) is 50.1. The summed E-state index contributed by atoms with van der Waals surface area (Å²) in [6.45, 7) is 12.6. The van der Waals surface area contributed by atoms with Crippen LogP contribution >= 0.6 is 22.7 Å². The highest BCUT2D eigenvalue weighted by Gasteiger charge is 2.33. The Morgan fingerprint density at radius 2 is 0.791 bits per heavy atom. The molecule has 17 rings (SSSR count). The third-order valence-electron chi connectivity index (χ3n) is 17.7. The number of thiophene rings is 2. The maximum absolute atomic E-state index is 4.28. The van der Waals surface area contributed by atoms with Crippen LogP contribution in [0.3, 0.4) is 0 Å². The van der Waals surface area contributed by atoms with Crippen LogP contribution in [0.15, 0.2) is 262 Å². The summed E-state index contributed by atoms with van der Waals surface area (Å²) < 4.78 is 7.74. The van der Waals surface area contributed by atoms with Crippen molar-refractivity contribution in [1.82, 2.24) is 8.80 Å². The summed E-state index contributed by atoms with van der Waals surface area (Å²) in [5, 5.41) is 12.2. The van der Waals surface area contributed by atoms with Gasteiger partial charge >= 0.3 is 0 Å². The van der Waals surface area contributed by atoms with E-state index in [4.69, 9.17) is 0 Å². The second-order valence-corrected chi connectivity index (χ2v) is 24.5. The zero-order valence-electron chi connectivity index (χ0n) is 47.4. The van der Waals surface area contributed by atoms with E-state index < -0.39 is 0 Å². The molecule has 0 aliphatic rings. The number of hydrogen-bond acceptors (Lipinski definition) is 4. The maximum atomic E-state index is 4.28. The molecular weight excluding hydrogens is 1080 g/mol. The van der Waals surface area contributed by atoms with E-state index in [1.54, 1.807) is 0 Å². The highest BCUT2D eigenvalue weighted by atomic mass is 32.1. The number of fused-ring (bicyclic) bond motifs is 14. The molecule has 0 fully saturated rings. The molecule has 0 atom stereocenters. The fourth-order valence-electron chi connectivity index (χ4n) is 14.5. The molecule has 0 spiro atoms. The molecule has 4 nitrogen and oxygen atoms in total. The van der Waals surface area contributed by atoms with Crippen molar-refractivity contribution < 1.29 is 0 Å². The van der Waals surface area contributed by atoms with Gasteiger partial charge in [-0.3, -0.25) is 0 Å². The van der Waals surface area contributed by atoms with E-state index in [1.807, 2.05) is 40.9 Å². The molecule has 0 aliphatic carbocycles. The topological polar surface area (TPSA) is 15.3 Å². The van der Waals surface area contributed by atoms with Gasteiger partial charge in [-0.25, -0.2) is 0 Å². The van der Waals surface area contributed by atoms with Gasteiger partial charge in [-0.2, -0.15) is 0 Å². The number of hydrogen-bond donors (Lipinski definition) is 0. The van der Waals surface area contributed by atoms with Gasteiger partial charge in [0.2, 0.25) is 0 Å². The number of allylic oxidation sites excluding steroid dienone is 3. The number of para-hydroxylation sites is 4. The summed E-state index contributed by atoms with van der Waals surface area (Å²) in [5.41, 5.74) is 21.1. The van der Waals surface area contributed by atoms with Gasteiger partial charge in [0.1, 0.15) is 0 Å². The van der Waals surface area contributed by atoms with Gasteiger partial charge in [0.05, 0.1) is 65.2 Å². The Kier molecular flexibility index (Phi) is 11.4. The van der Waals surface area contributed by atoms with Gasteiger partial charge in [-0.1, -0.05) is 219 Å². The molecule has 0 N–H and O–H groups in total. The lowest BCUT2D eigenvalue weighted by molar-refractivity contribution is 1.31. The summed E-state index contributed by atoms with van der Waals surface area (Å²) in [4.78, 5) is 7.44. The number of anilines is 6. The zero-order chi connectivity index (χ0) is 57.3. The van der Waals surface area contributed by atoms with Crippen molar-refractivity contribution in [3.63, 3.8) is 0 Å². The minimum atomic E-state index is 1.10. The highest BCUT2D eigenvalue weighted by Crippen LogP contribution is 2.57. The number of rotatable bonds is 12. The first-order valence-corrected chi connectivity index (χ1v) is 31.0. The highest BCUT2D eigenvalue weighted by molar-refractivity contribution is 7.21. The Balaban J connectivity index is 1.02. The molecule has 6 heterocycles. The van der Waals surface area contributed by atoms with E-state index in [1.165, 1.54) is 124 Å². The normalized spacial score (nSPS) is 12.3. The molecule has 0 saturated heterocycles. The van der Waals surface area contributed by atoms with Crippen molar-refractivity contribution in [2.75, 3.05) is 9.80 Å². The number of benzene rings is 11. The van der Waals surface area contributed by atoms with Gasteiger partial charge in [0.25, 0.3) is 0 Å². The Morgan fingerprint density at radius 1 is 0.384 bits per heavy atom. The van der Waals surface area contributed by atoms with Gasteiger partial charge in [0, 0.05) is 91.7 Å². The van der Waals surface area contributed by atoms with Crippen LogP contribution in [0.1, 0.15) is 27.8 Å². The molecule has 0 radical (unpaired) electrons. The Bertz CT molecular complexity index is 5640. The van der Waals surface area contributed by atoms with E-state index in [-0.39, 0.29) is 0 Å². The van der Waals surface area contributed by atoms with Crippen LogP contribution in [-0.4, -0.2) is 8.80 Å². The lowest BCUT2D eigenvalue weighted by Crippen LogP contribution is -2.10. The summed E-state index contributed by atoms with van der Waals surface area (Å²) in [6, 6.07) is 85.7. The summed E-state index contributed by atoms with van der Waals surface area (Å²) in [6.07, 6.45) is 12.5. The Morgan fingerprint density at radius 3 is 1.26 bits per heavy atom. The third-order valence-corrected chi connectivity index (χ3v) is 20.1. The van der Waals surface area contributed by atoms with Gasteiger partial charge < -0.3 is 18.6 Å². The zero-order valence-corrected chi connectivity index (χ0v) is 49.1. The lowest BCUT2D eigenvalue weighted by Gasteiger charge is -2.27. The Labute approximate surface area is 505 Å². The van der Waals surface area contributed by atoms with Gasteiger partial charge in [-0.05, 0) is 91.2 Å². The number of aryl methyl sites for hydroxylation is 1. The molecule has 406 valence electrons. The fraction of sp³-hybridized carbons (Fsp3) is 0.0250. The van der Waals surface area contributed by atoms with Crippen LogP contribution < -0.4 is 9.80 Å². The first-order chi connectivity index (χ1) is 42.6. The van der Waals surface area contributed by atoms with Crippen molar-refractivity contribution >= 4 is 171 Å². The molecule has 6 heteroatoms. The van der Waals surface area contributed by atoms with Crippen LogP contribution in [-0.2, 0) is 0 Å². The van der Waals surface area contributed by atoms with Crippen molar-refractivity contribution in [3.05, 3.63) is 283 Å². The average Bonchev–Trinajstić information content (AvgIpc) is 1.58. The molecule has 17 aromatic rings. The predicted octanol–water partition coefficient (Wildman–Crippen LogP) is 23.9. The van der Waals surface area contributed by atoms with E-state index in [0.717, 1.165) is 50.0 Å². The van der Waals surface area contributed by atoms with E-state index in [2.05, 4.69) is 294 Å². The van der Waals surface area contributed by atoms with E-state index >= 15 is 0 Å². The number of aromatic nitrogens is 2. The SMILES string of the molecule is C=C/C=C\c1c(C)sc2c(N(c3ccccc3)c3cccc4c3c3cccc5c6c(-c7ccccc7)c7c(c(-c8ccccc8)c6n4c35)c3cccc4c5c(N(c6ccccc6)c6cccc8c(/C=C\C)c(C=C)sc68)cccc5n7c43)cccc12. The Hall–Kier alpha value is -10.5. The smallest absolute Gasteiger partial charge is 0.0640 e. The van der Waals surface area contributed by atoms with E-state index in [0.29, 0.717) is 0 Å². The molecule has 0 amide bonds. The average molecular weight is 1140 g/mol. The van der Waals surface area contributed by atoms with Gasteiger partial charge in [0.15, 0.2) is 0 Å². The minimum absolute atomic E-state index is 1.10. The largest absolute Gasteiger partial charge is 0.308 e. The predicted molar refractivity (Wildman–Crippen MR) is 376 cm³/mol. The van der Waals surface area contributed by atoms with Crippen molar-refractivity contribution in [2.24, 2.45) is 0 Å². The second-order valence-electron chi connectivity index (χ2n) is 22.2. The molecule has 86 heavy (non-hydrogen) atoms. The quantitative estimate of drug-likeness (QED) is 0.113. The van der Waals surface area contributed by atoms with Crippen molar-refractivity contribution in [1.29, 1.82) is 0 Å². The van der Waals surface area contributed by atoms with Crippen LogP contribution in [0.2, 0.25) is 0 Å².